The van der Waals surface area contributed by atoms with Crippen LogP contribution in [0.3, 0.4) is 0 Å². The van der Waals surface area contributed by atoms with Crippen molar-refractivity contribution in [2.24, 2.45) is 0 Å². The van der Waals surface area contributed by atoms with Crippen LogP contribution >= 0.6 is 11.6 Å². The average molecular weight is 213 g/mol. The number of rotatable bonds is 1. The van der Waals surface area contributed by atoms with Crippen LogP contribution in [0.25, 0.3) is 11.0 Å². The predicted molar refractivity (Wildman–Crippen MR) is 50.2 cm³/mol. The fraction of sp³-hybridized carbons (Fsp3) is 0. The lowest BCUT2D eigenvalue weighted by Gasteiger charge is -2.05. The molecule has 0 spiro atoms. The fourth-order valence-corrected chi connectivity index (χ4v) is 1.36. The van der Waals surface area contributed by atoms with Crippen molar-refractivity contribution in [3.63, 3.8) is 0 Å². The predicted octanol–water partition coefficient (Wildman–Crippen LogP) is 1.94. The summed E-state index contributed by atoms with van der Waals surface area (Å²) < 4.78 is 0.457. The molecule has 72 valence electrons. The van der Waals surface area contributed by atoms with Gasteiger partial charge in [-0.25, -0.2) is 4.98 Å². The zero-order chi connectivity index (χ0) is 10.3. The Labute approximate surface area is 82.5 Å². The van der Waals surface area contributed by atoms with E-state index in [1.54, 1.807) is 0 Å². The minimum Gasteiger partial charge on any atom is -0.805 e. The van der Waals surface area contributed by atoms with Crippen LogP contribution in [-0.2, 0) is 0 Å². The van der Waals surface area contributed by atoms with Crippen molar-refractivity contribution in [3.8, 4) is 0 Å². The number of nitro groups is 1. The van der Waals surface area contributed by atoms with Crippen LogP contribution in [0, 0.1) is 15.3 Å². The first-order valence-corrected chi connectivity index (χ1v) is 3.96. The molecule has 0 aliphatic carbocycles. The maximum absolute atomic E-state index is 11.1. The summed E-state index contributed by atoms with van der Waals surface area (Å²) in [6.07, 6.45) is 1.03. The Hall–Kier alpha value is -1.82. The van der Waals surface area contributed by atoms with Gasteiger partial charge in [0.1, 0.15) is 5.02 Å². The highest BCUT2D eigenvalue weighted by atomic mass is 35.5. The van der Waals surface area contributed by atoms with Crippen molar-refractivity contribution >= 4 is 28.3 Å². The van der Waals surface area contributed by atoms with E-state index in [1.807, 2.05) is 0 Å². The summed E-state index contributed by atoms with van der Waals surface area (Å²) in [5.74, 6) is 0. The molecule has 0 fully saturated rings. The third-order valence-electron chi connectivity index (χ3n) is 1.78. The minimum absolute atomic E-state index is 0.0267. The smallest absolute Gasteiger partial charge is 0.290 e. The fourth-order valence-electron chi connectivity index (χ4n) is 1.14. The summed E-state index contributed by atoms with van der Waals surface area (Å²) in [7, 11) is 0. The lowest BCUT2D eigenvalue weighted by molar-refractivity contribution is -0.384. The Balaban J connectivity index is 2.80. The van der Waals surface area contributed by atoms with Gasteiger partial charge in [-0.2, -0.15) is 0 Å². The molecule has 0 unspecified atom stereocenters. The molecule has 7 heteroatoms. The number of aromatic nitrogens is 2. The Morgan fingerprint density at radius 3 is 2.86 bits per heavy atom. The highest BCUT2D eigenvalue weighted by Gasteiger charge is 2.14. The molecule has 1 aromatic heterocycles. The van der Waals surface area contributed by atoms with Gasteiger partial charge in [0.15, 0.2) is 0 Å². The van der Waals surface area contributed by atoms with E-state index in [0.717, 1.165) is 12.4 Å². The second kappa shape index (κ2) is 2.85. The highest BCUT2D eigenvalue weighted by molar-refractivity contribution is 6.33. The van der Waals surface area contributed by atoms with Crippen LogP contribution < -0.4 is 0 Å². The third-order valence-corrected chi connectivity index (χ3v) is 2.08. The van der Waals surface area contributed by atoms with Gasteiger partial charge in [0.2, 0.25) is 0 Å². The molecule has 1 heterocycles. The van der Waals surface area contributed by atoms with Crippen molar-refractivity contribution in [3.05, 3.63) is 38.8 Å². The number of nitrogens with zero attached hydrogens (tertiary/aromatic N) is 3. The van der Waals surface area contributed by atoms with Gasteiger partial charge < -0.3 is 9.94 Å². The molecule has 0 radical (unpaired) electrons. The van der Waals surface area contributed by atoms with Crippen molar-refractivity contribution in [1.29, 1.82) is 0 Å². The van der Waals surface area contributed by atoms with E-state index in [-0.39, 0.29) is 16.2 Å². The molecule has 0 saturated carbocycles. The molecule has 0 aliphatic heterocycles. The normalized spacial score (nSPS) is 10.6. The van der Waals surface area contributed by atoms with E-state index in [1.165, 1.54) is 6.07 Å². The number of hydrogen-bond acceptors (Lipinski definition) is 4. The molecular formula is C7H3ClN3O3-. The zero-order valence-electron chi connectivity index (χ0n) is 6.68. The molecule has 1 aromatic carbocycles. The lowest BCUT2D eigenvalue weighted by atomic mass is 10.3. The molecule has 6 nitrogen and oxygen atoms in total. The minimum atomic E-state index is -0.644. The molecule has 0 aliphatic rings. The van der Waals surface area contributed by atoms with Crippen LogP contribution in [0.15, 0.2) is 18.5 Å². The van der Waals surface area contributed by atoms with Crippen LogP contribution in [0.2, 0.25) is 5.02 Å². The number of nitro benzene ring substituents is 1. The first kappa shape index (κ1) is 8.76. The largest absolute Gasteiger partial charge is 0.805 e. The van der Waals surface area contributed by atoms with E-state index >= 15 is 0 Å². The molecule has 0 N–H and O–H groups in total. The lowest BCUT2D eigenvalue weighted by Crippen LogP contribution is -1.90. The van der Waals surface area contributed by atoms with Gasteiger partial charge in [0, 0.05) is 6.07 Å². The van der Waals surface area contributed by atoms with E-state index < -0.39 is 4.92 Å². The molecule has 2 aromatic rings. The van der Waals surface area contributed by atoms with Crippen molar-refractivity contribution in [2.45, 2.75) is 0 Å². The summed E-state index contributed by atoms with van der Waals surface area (Å²) in [6.45, 7) is 0. The average Bonchev–Trinajstić information content (AvgIpc) is 2.46. The van der Waals surface area contributed by atoms with Crippen LogP contribution in [0.4, 0.5) is 5.69 Å². The summed E-state index contributed by atoms with van der Waals surface area (Å²) >= 11 is 5.61. The van der Waals surface area contributed by atoms with Gasteiger partial charge >= 0.3 is 0 Å². The van der Waals surface area contributed by atoms with E-state index in [4.69, 9.17) is 11.6 Å². The van der Waals surface area contributed by atoms with Crippen molar-refractivity contribution in [2.75, 3.05) is 0 Å². The van der Waals surface area contributed by atoms with Crippen LogP contribution in [0.1, 0.15) is 0 Å². The van der Waals surface area contributed by atoms with Gasteiger partial charge in [0.05, 0.1) is 22.3 Å². The Kier molecular flexibility index (Phi) is 1.78. The van der Waals surface area contributed by atoms with Gasteiger partial charge in [-0.3, -0.25) is 10.1 Å². The second-order valence-corrected chi connectivity index (χ2v) is 3.03. The Morgan fingerprint density at radius 1 is 1.50 bits per heavy atom. The maximum atomic E-state index is 11.1. The molecule has 0 atom stereocenters. The number of halogens is 1. The van der Waals surface area contributed by atoms with Crippen LogP contribution in [0.5, 0.6) is 0 Å². The maximum Gasteiger partial charge on any atom is 0.290 e. The molecule has 0 bridgehead atoms. The Morgan fingerprint density at radius 2 is 2.21 bits per heavy atom. The molecule has 2 rings (SSSR count). The Bertz CT molecular complexity index is 522. The quantitative estimate of drug-likeness (QED) is 0.534. The topological polar surface area (TPSA) is 84.0 Å². The molecule has 14 heavy (non-hydrogen) atoms. The van der Waals surface area contributed by atoms with Crippen molar-refractivity contribution < 1.29 is 4.92 Å². The summed E-state index contributed by atoms with van der Waals surface area (Å²) in [5.41, 5.74) is 0.188. The standard InChI is InChI=1S/C7H3ClN3O3/c8-4-1-5-7(10(12)3-9-5)2-6(4)11(13)14/h1-3H/q-1. The van der Waals surface area contributed by atoms with E-state index in [9.17, 15) is 15.3 Å². The number of imidazole rings is 1. The summed E-state index contributed by atoms with van der Waals surface area (Å²) in [6, 6.07) is 2.40. The van der Waals surface area contributed by atoms with E-state index in [2.05, 4.69) is 4.98 Å². The van der Waals surface area contributed by atoms with Crippen molar-refractivity contribution in [1.82, 2.24) is 9.71 Å². The second-order valence-electron chi connectivity index (χ2n) is 2.62. The summed E-state index contributed by atoms with van der Waals surface area (Å²) in [5, 5.41) is 21.5. The number of hydrogen-bond donors (Lipinski definition) is 0. The van der Waals surface area contributed by atoms with Gasteiger partial charge in [-0.15, -0.1) is 0 Å². The summed E-state index contributed by atoms with van der Waals surface area (Å²) in [4.78, 5) is 13.6. The first-order valence-electron chi connectivity index (χ1n) is 3.58. The number of fused-ring (bicyclic) bond motifs is 1. The first-order chi connectivity index (χ1) is 6.59. The van der Waals surface area contributed by atoms with Gasteiger partial charge in [-0.1, -0.05) is 11.6 Å². The zero-order valence-corrected chi connectivity index (χ0v) is 7.43. The SMILES string of the molecule is O=[N+]([O-])c1cc2c(cc1Cl)ncn2[O-]. The van der Waals surface area contributed by atoms with Crippen LogP contribution in [-0.4, -0.2) is 14.6 Å². The van der Waals surface area contributed by atoms with E-state index in [0.29, 0.717) is 10.2 Å². The van der Waals surface area contributed by atoms with Gasteiger partial charge in [-0.05, 0) is 6.07 Å². The molecular weight excluding hydrogens is 210 g/mol. The molecule has 0 saturated heterocycles. The molecule has 0 amide bonds. The monoisotopic (exact) mass is 212 g/mol. The third kappa shape index (κ3) is 1.16. The van der Waals surface area contributed by atoms with Gasteiger partial charge in [0.25, 0.3) is 5.69 Å². The highest BCUT2D eigenvalue weighted by Crippen LogP contribution is 2.28. The number of benzene rings is 1.